The number of benzene rings is 1. The van der Waals surface area contributed by atoms with E-state index in [1.807, 2.05) is 31.1 Å². The second-order valence-electron chi connectivity index (χ2n) is 5.25. The van der Waals surface area contributed by atoms with Crippen LogP contribution in [0.5, 0.6) is 0 Å². The fourth-order valence-corrected chi connectivity index (χ4v) is 1.63. The zero-order chi connectivity index (χ0) is 15.8. The molecular weight excluding hydrogens is 266 g/mol. The number of hydrogen-bond donors (Lipinski definition) is 1. The minimum atomic E-state index is -0.120. The van der Waals surface area contributed by atoms with Gasteiger partial charge in [0.15, 0.2) is 0 Å². The third kappa shape index (κ3) is 6.23. The Morgan fingerprint density at radius 1 is 1.10 bits per heavy atom. The summed E-state index contributed by atoms with van der Waals surface area (Å²) >= 11 is 0. The lowest BCUT2D eigenvalue weighted by molar-refractivity contribution is -0.116. The van der Waals surface area contributed by atoms with Crippen molar-refractivity contribution in [1.82, 2.24) is 15.1 Å². The van der Waals surface area contributed by atoms with E-state index in [1.54, 1.807) is 32.3 Å². The number of rotatable bonds is 6. The Balaban J connectivity index is 2.53. The van der Waals surface area contributed by atoms with Crippen LogP contribution in [0.1, 0.15) is 15.9 Å². The summed E-state index contributed by atoms with van der Waals surface area (Å²) in [6.45, 7) is 1.42. The molecule has 0 spiro atoms. The largest absolute Gasteiger partial charge is 0.351 e. The van der Waals surface area contributed by atoms with E-state index in [9.17, 15) is 9.59 Å². The molecule has 5 heteroatoms. The van der Waals surface area contributed by atoms with Crippen LogP contribution in [0, 0.1) is 0 Å². The third-order valence-corrected chi connectivity index (χ3v) is 2.85. The molecular formula is C16H23N3O2. The molecule has 0 bridgehead atoms. The summed E-state index contributed by atoms with van der Waals surface area (Å²) < 4.78 is 0. The highest BCUT2D eigenvalue weighted by Gasteiger charge is 2.06. The van der Waals surface area contributed by atoms with Gasteiger partial charge in [-0.2, -0.15) is 0 Å². The Morgan fingerprint density at radius 2 is 1.71 bits per heavy atom. The zero-order valence-corrected chi connectivity index (χ0v) is 13.1. The quantitative estimate of drug-likeness (QED) is 0.797. The number of carbonyl (C=O) groups is 2. The molecule has 21 heavy (non-hydrogen) atoms. The molecule has 0 aromatic heterocycles. The Hall–Kier alpha value is -2.14. The first-order chi connectivity index (χ1) is 9.90. The van der Waals surface area contributed by atoms with Crippen molar-refractivity contribution in [2.75, 3.05) is 41.3 Å². The fourth-order valence-electron chi connectivity index (χ4n) is 1.63. The normalized spacial score (nSPS) is 10.9. The van der Waals surface area contributed by atoms with E-state index >= 15 is 0 Å². The highest BCUT2D eigenvalue weighted by Crippen LogP contribution is 2.07. The molecule has 0 radical (unpaired) electrons. The van der Waals surface area contributed by atoms with Gasteiger partial charge in [0, 0.05) is 38.8 Å². The van der Waals surface area contributed by atoms with E-state index in [1.165, 1.54) is 11.0 Å². The van der Waals surface area contributed by atoms with Crippen LogP contribution < -0.4 is 5.32 Å². The number of amides is 2. The van der Waals surface area contributed by atoms with Gasteiger partial charge in [-0.1, -0.05) is 12.1 Å². The minimum Gasteiger partial charge on any atom is -0.351 e. The topological polar surface area (TPSA) is 52.7 Å². The van der Waals surface area contributed by atoms with Gasteiger partial charge < -0.3 is 15.1 Å². The van der Waals surface area contributed by atoms with Crippen molar-refractivity contribution in [3.05, 3.63) is 41.5 Å². The van der Waals surface area contributed by atoms with E-state index in [-0.39, 0.29) is 11.8 Å². The van der Waals surface area contributed by atoms with Gasteiger partial charge in [0.1, 0.15) is 0 Å². The number of nitrogens with one attached hydrogen (secondary N) is 1. The smallest absolute Gasteiger partial charge is 0.253 e. The van der Waals surface area contributed by atoms with E-state index in [0.29, 0.717) is 12.1 Å². The van der Waals surface area contributed by atoms with Crippen LogP contribution in [0.3, 0.4) is 0 Å². The molecule has 0 fully saturated rings. The van der Waals surface area contributed by atoms with Crippen LogP contribution in [0.15, 0.2) is 30.3 Å². The summed E-state index contributed by atoms with van der Waals surface area (Å²) in [5, 5.41) is 2.80. The molecule has 0 heterocycles. The fraction of sp³-hybridized carbons (Fsp3) is 0.375. The molecule has 2 amide bonds. The second-order valence-corrected chi connectivity index (χ2v) is 5.25. The van der Waals surface area contributed by atoms with E-state index in [0.717, 1.165) is 12.1 Å². The third-order valence-electron chi connectivity index (χ3n) is 2.85. The molecule has 0 saturated heterocycles. The molecule has 5 nitrogen and oxygen atoms in total. The Morgan fingerprint density at radius 3 is 2.24 bits per heavy atom. The average molecular weight is 289 g/mol. The molecule has 1 aromatic rings. The van der Waals surface area contributed by atoms with Crippen molar-refractivity contribution in [2.45, 2.75) is 0 Å². The van der Waals surface area contributed by atoms with Crippen molar-refractivity contribution in [2.24, 2.45) is 0 Å². The summed E-state index contributed by atoms with van der Waals surface area (Å²) in [4.78, 5) is 26.9. The average Bonchev–Trinajstić information content (AvgIpc) is 2.44. The summed E-state index contributed by atoms with van der Waals surface area (Å²) in [5.74, 6) is -0.155. The van der Waals surface area contributed by atoms with Crippen molar-refractivity contribution < 1.29 is 9.59 Å². The maximum atomic E-state index is 11.7. The Bertz CT molecular complexity index is 505. The lowest BCUT2D eigenvalue weighted by Crippen LogP contribution is -2.30. The van der Waals surface area contributed by atoms with Gasteiger partial charge in [-0.3, -0.25) is 9.59 Å². The van der Waals surface area contributed by atoms with Crippen molar-refractivity contribution in [3.63, 3.8) is 0 Å². The summed E-state index contributed by atoms with van der Waals surface area (Å²) in [6, 6.07) is 7.15. The van der Waals surface area contributed by atoms with Gasteiger partial charge in [0.05, 0.1) is 0 Å². The van der Waals surface area contributed by atoms with Gasteiger partial charge in [-0.25, -0.2) is 0 Å². The van der Waals surface area contributed by atoms with Crippen molar-refractivity contribution in [1.29, 1.82) is 0 Å². The lowest BCUT2D eigenvalue weighted by atomic mass is 10.1. The maximum absolute atomic E-state index is 11.7. The summed E-state index contributed by atoms with van der Waals surface area (Å²) in [6.07, 6.45) is 3.23. The summed E-state index contributed by atoms with van der Waals surface area (Å²) in [5.41, 5.74) is 1.51. The maximum Gasteiger partial charge on any atom is 0.253 e. The van der Waals surface area contributed by atoms with Crippen molar-refractivity contribution in [3.8, 4) is 0 Å². The van der Waals surface area contributed by atoms with Crippen LogP contribution in [0.4, 0.5) is 0 Å². The number of hydrogen-bond acceptors (Lipinski definition) is 3. The van der Waals surface area contributed by atoms with Crippen LogP contribution in [-0.2, 0) is 4.79 Å². The van der Waals surface area contributed by atoms with E-state index in [2.05, 4.69) is 5.32 Å². The van der Waals surface area contributed by atoms with Gasteiger partial charge in [0.25, 0.3) is 5.91 Å². The highest BCUT2D eigenvalue weighted by atomic mass is 16.2. The first-order valence-corrected chi connectivity index (χ1v) is 6.82. The molecule has 1 rings (SSSR count). The van der Waals surface area contributed by atoms with Crippen LogP contribution in [0.25, 0.3) is 6.08 Å². The lowest BCUT2D eigenvalue weighted by Gasteiger charge is -2.10. The minimum absolute atomic E-state index is 0.0352. The highest BCUT2D eigenvalue weighted by molar-refractivity contribution is 5.94. The van der Waals surface area contributed by atoms with Gasteiger partial charge >= 0.3 is 0 Å². The molecule has 1 N–H and O–H groups in total. The number of nitrogens with zero attached hydrogens (tertiary/aromatic N) is 2. The van der Waals surface area contributed by atoms with E-state index < -0.39 is 0 Å². The first-order valence-electron chi connectivity index (χ1n) is 6.82. The molecule has 0 aliphatic rings. The monoisotopic (exact) mass is 289 g/mol. The predicted molar refractivity (Wildman–Crippen MR) is 85.1 cm³/mol. The molecule has 0 aliphatic carbocycles. The molecule has 0 saturated carbocycles. The van der Waals surface area contributed by atoms with Gasteiger partial charge in [-0.05, 0) is 37.9 Å². The molecule has 0 atom stereocenters. The number of likely N-dealkylation sites (N-methyl/N-ethyl adjacent to an activating group) is 1. The molecule has 0 aliphatic heterocycles. The molecule has 1 aromatic carbocycles. The Labute approximate surface area is 126 Å². The summed E-state index contributed by atoms with van der Waals surface area (Å²) in [7, 11) is 7.35. The molecule has 0 unspecified atom stereocenters. The van der Waals surface area contributed by atoms with Crippen LogP contribution >= 0.6 is 0 Å². The standard InChI is InChI=1S/C16H23N3O2/c1-18(2)12-11-17-15(20)10-7-13-5-8-14(9-6-13)16(21)19(3)4/h5-10H,11-12H2,1-4H3,(H,17,20)/b10-7+. The van der Waals surface area contributed by atoms with Gasteiger partial charge in [0.2, 0.25) is 5.91 Å². The van der Waals surface area contributed by atoms with E-state index in [4.69, 9.17) is 0 Å². The Kier molecular flexibility index (Phi) is 6.62. The predicted octanol–water partition coefficient (Wildman–Crippen LogP) is 1.08. The van der Waals surface area contributed by atoms with Crippen LogP contribution in [0.2, 0.25) is 0 Å². The second kappa shape index (κ2) is 8.21. The number of carbonyl (C=O) groups excluding carboxylic acids is 2. The van der Waals surface area contributed by atoms with Crippen molar-refractivity contribution >= 4 is 17.9 Å². The van der Waals surface area contributed by atoms with Gasteiger partial charge in [-0.15, -0.1) is 0 Å². The molecule has 114 valence electrons. The zero-order valence-electron chi connectivity index (χ0n) is 13.1. The van der Waals surface area contributed by atoms with Crippen LogP contribution in [-0.4, -0.2) is 62.9 Å². The first kappa shape index (κ1) is 16.9. The SMILES string of the molecule is CN(C)CCNC(=O)/C=C/c1ccc(C(=O)N(C)C)cc1.